The molecule has 5 heteroatoms. The van der Waals surface area contributed by atoms with Crippen molar-refractivity contribution in [3.63, 3.8) is 0 Å². The maximum absolute atomic E-state index is 12.6. The van der Waals surface area contributed by atoms with Crippen LogP contribution in [0.4, 0.5) is 0 Å². The highest BCUT2D eigenvalue weighted by Crippen LogP contribution is 2.55. The van der Waals surface area contributed by atoms with E-state index in [4.69, 9.17) is 0 Å². The number of allylic oxidation sites excluding steroid dienone is 2. The largest absolute Gasteiger partial charge is 0.351 e. The van der Waals surface area contributed by atoms with Crippen LogP contribution in [0.15, 0.2) is 12.2 Å². The molecule has 5 nitrogen and oxygen atoms in total. The zero-order chi connectivity index (χ0) is 17.9. The fraction of sp³-hybridized carbons (Fsp3) is 0.762. The van der Waals surface area contributed by atoms with Crippen LogP contribution in [0, 0.1) is 29.6 Å². The smallest absolute Gasteiger partial charge is 0.233 e. The van der Waals surface area contributed by atoms with Crippen molar-refractivity contribution in [2.24, 2.45) is 29.6 Å². The SMILES string of the molecule is O=C(CCN1C(=O)[C@@H]2CC=CC[C@H]2C1=O)NC12CC3CC(CC(C3)C1)C2. The van der Waals surface area contributed by atoms with Crippen LogP contribution in [0.3, 0.4) is 0 Å². The van der Waals surface area contributed by atoms with Crippen LogP contribution in [0.25, 0.3) is 0 Å². The van der Waals surface area contributed by atoms with Gasteiger partial charge in [-0.25, -0.2) is 0 Å². The minimum Gasteiger partial charge on any atom is -0.351 e. The zero-order valence-electron chi connectivity index (χ0n) is 15.3. The van der Waals surface area contributed by atoms with Crippen molar-refractivity contribution < 1.29 is 14.4 Å². The van der Waals surface area contributed by atoms with Crippen molar-refractivity contribution in [2.75, 3.05) is 6.54 Å². The fourth-order valence-corrected chi connectivity index (χ4v) is 6.92. The standard InChI is InChI=1S/C21H28N2O3/c24-18(22-21-10-13-7-14(11-21)9-15(8-13)12-21)5-6-23-19(25)16-3-1-2-4-17(16)20(23)26/h1-2,13-17H,3-12H2,(H,22,24)/t13?,14?,15?,16-,17-,21?/m1/s1. The van der Waals surface area contributed by atoms with Crippen LogP contribution >= 0.6 is 0 Å². The Morgan fingerprint density at radius 3 is 1.96 bits per heavy atom. The molecule has 0 spiro atoms. The molecule has 0 aromatic heterocycles. The van der Waals surface area contributed by atoms with E-state index in [1.807, 2.05) is 12.2 Å². The Hall–Kier alpha value is -1.65. The lowest BCUT2D eigenvalue weighted by molar-refractivity contribution is -0.140. The van der Waals surface area contributed by atoms with Gasteiger partial charge in [0.25, 0.3) is 0 Å². The zero-order valence-corrected chi connectivity index (χ0v) is 15.3. The highest BCUT2D eigenvalue weighted by molar-refractivity contribution is 6.05. The summed E-state index contributed by atoms with van der Waals surface area (Å²) in [6.07, 6.45) is 13.0. The molecule has 3 amide bonds. The number of likely N-dealkylation sites (tertiary alicyclic amines) is 1. The van der Waals surface area contributed by atoms with E-state index < -0.39 is 0 Å². The predicted molar refractivity (Wildman–Crippen MR) is 95.7 cm³/mol. The lowest BCUT2D eigenvalue weighted by Gasteiger charge is -2.56. The summed E-state index contributed by atoms with van der Waals surface area (Å²) in [5.74, 6) is 1.84. The molecule has 1 heterocycles. The van der Waals surface area contributed by atoms with Gasteiger partial charge in [0.1, 0.15) is 0 Å². The summed E-state index contributed by atoms with van der Waals surface area (Å²) >= 11 is 0. The molecule has 26 heavy (non-hydrogen) atoms. The fourth-order valence-electron chi connectivity index (χ4n) is 6.92. The summed E-state index contributed by atoms with van der Waals surface area (Å²) in [7, 11) is 0. The third kappa shape index (κ3) is 2.62. The lowest BCUT2D eigenvalue weighted by Crippen LogP contribution is -2.60. The molecule has 0 aromatic carbocycles. The van der Waals surface area contributed by atoms with Crippen molar-refractivity contribution in [1.29, 1.82) is 0 Å². The number of rotatable bonds is 4. The predicted octanol–water partition coefficient (Wildman–Crippen LogP) is 2.41. The molecule has 1 aliphatic heterocycles. The summed E-state index contributed by atoms with van der Waals surface area (Å²) in [4.78, 5) is 39.0. The number of carbonyl (C=O) groups excluding carboxylic acids is 3. The van der Waals surface area contributed by atoms with Crippen molar-refractivity contribution in [3.8, 4) is 0 Å². The van der Waals surface area contributed by atoms with Crippen molar-refractivity contribution >= 4 is 17.7 Å². The molecule has 1 saturated heterocycles. The minimum atomic E-state index is -0.196. The van der Waals surface area contributed by atoms with Gasteiger partial charge in [-0.3, -0.25) is 19.3 Å². The molecule has 0 radical (unpaired) electrons. The van der Waals surface area contributed by atoms with E-state index in [0.29, 0.717) is 12.8 Å². The number of hydrogen-bond donors (Lipinski definition) is 1. The van der Waals surface area contributed by atoms with Gasteiger partial charge in [0.2, 0.25) is 17.7 Å². The number of nitrogens with one attached hydrogen (secondary N) is 1. The van der Waals surface area contributed by atoms with Gasteiger partial charge < -0.3 is 5.32 Å². The van der Waals surface area contributed by atoms with Gasteiger partial charge in [-0.1, -0.05) is 12.2 Å². The summed E-state index contributed by atoms with van der Waals surface area (Å²) in [5, 5.41) is 3.34. The van der Waals surface area contributed by atoms with Gasteiger partial charge in [-0.15, -0.1) is 0 Å². The average molecular weight is 356 g/mol. The third-order valence-electron chi connectivity index (χ3n) is 7.60. The maximum atomic E-state index is 12.6. The molecule has 140 valence electrons. The second-order valence-corrected chi connectivity index (χ2v) is 9.48. The molecule has 6 rings (SSSR count). The second-order valence-electron chi connectivity index (χ2n) is 9.48. The monoisotopic (exact) mass is 356 g/mol. The molecular formula is C21H28N2O3. The van der Waals surface area contributed by atoms with Gasteiger partial charge in [-0.05, 0) is 69.1 Å². The molecule has 0 aromatic rings. The summed E-state index contributed by atoms with van der Waals surface area (Å²) < 4.78 is 0. The Balaban J connectivity index is 1.19. The summed E-state index contributed by atoms with van der Waals surface area (Å²) in [6.45, 7) is 0.239. The van der Waals surface area contributed by atoms with E-state index in [9.17, 15) is 14.4 Å². The lowest BCUT2D eigenvalue weighted by atomic mass is 9.53. The first kappa shape index (κ1) is 16.5. The molecule has 5 fully saturated rings. The van der Waals surface area contributed by atoms with E-state index in [-0.39, 0.29) is 48.1 Å². The Morgan fingerprint density at radius 1 is 0.962 bits per heavy atom. The quantitative estimate of drug-likeness (QED) is 0.621. The molecule has 5 aliphatic carbocycles. The Morgan fingerprint density at radius 2 is 1.46 bits per heavy atom. The first-order valence-electron chi connectivity index (χ1n) is 10.3. The van der Waals surface area contributed by atoms with Gasteiger partial charge >= 0.3 is 0 Å². The molecule has 0 unspecified atom stereocenters. The van der Waals surface area contributed by atoms with Crippen LogP contribution in [-0.2, 0) is 14.4 Å². The number of carbonyl (C=O) groups is 3. The number of amides is 3. The van der Waals surface area contributed by atoms with Gasteiger partial charge in [0, 0.05) is 18.5 Å². The van der Waals surface area contributed by atoms with E-state index >= 15 is 0 Å². The maximum Gasteiger partial charge on any atom is 0.233 e. The van der Waals surface area contributed by atoms with Gasteiger partial charge in [0.15, 0.2) is 0 Å². The Labute approximate surface area is 154 Å². The van der Waals surface area contributed by atoms with Crippen molar-refractivity contribution in [3.05, 3.63) is 12.2 Å². The number of hydrogen-bond acceptors (Lipinski definition) is 3. The summed E-state index contributed by atoms with van der Waals surface area (Å²) in [6, 6.07) is 0. The van der Waals surface area contributed by atoms with Crippen molar-refractivity contribution in [2.45, 2.75) is 63.3 Å². The topological polar surface area (TPSA) is 66.5 Å². The molecule has 4 bridgehead atoms. The average Bonchev–Trinajstić information content (AvgIpc) is 2.83. The normalized spacial score (nSPS) is 43.1. The van der Waals surface area contributed by atoms with Gasteiger partial charge in [-0.2, -0.15) is 0 Å². The number of fused-ring (bicyclic) bond motifs is 1. The Bertz CT molecular complexity index is 621. The number of nitrogens with zero attached hydrogens (tertiary/aromatic N) is 1. The Kier molecular flexibility index (Phi) is 3.77. The third-order valence-corrected chi connectivity index (χ3v) is 7.60. The molecule has 1 N–H and O–H groups in total. The summed E-state index contributed by atoms with van der Waals surface area (Å²) in [5.41, 5.74) is 0.00275. The first-order valence-corrected chi connectivity index (χ1v) is 10.3. The van der Waals surface area contributed by atoms with Gasteiger partial charge in [0.05, 0.1) is 11.8 Å². The molecule has 2 atom stereocenters. The highest BCUT2D eigenvalue weighted by atomic mass is 16.2. The van der Waals surface area contributed by atoms with Crippen molar-refractivity contribution in [1.82, 2.24) is 10.2 Å². The second kappa shape index (κ2) is 5.93. The van der Waals surface area contributed by atoms with E-state index in [2.05, 4.69) is 5.32 Å². The highest BCUT2D eigenvalue weighted by Gasteiger charge is 2.52. The first-order chi connectivity index (χ1) is 12.5. The van der Waals surface area contributed by atoms with Crippen LogP contribution in [0.2, 0.25) is 0 Å². The molecular weight excluding hydrogens is 328 g/mol. The molecule has 6 aliphatic rings. The van der Waals surface area contributed by atoms with Crippen LogP contribution in [0.5, 0.6) is 0 Å². The van der Waals surface area contributed by atoms with Crippen LogP contribution in [0.1, 0.15) is 57.8 Å². The van der Waals surface area contributed by atoms with E-state index in [0.717, 1.165) is 37.0 Å². The van der Waals surface area contributed by atoms with E-state index in [1.165, 1.54) is 24.2 Å². The number of imide groups is 1. The van der Waals surface area contributed by atoms with E-state index in [1.54, 1.807) is 0 Å². The van der Waals surface area contributed by atoms with Crippen LogP contribution < -0.4 is 5.32 Å². The molecule has 4 saturated carbocycles. The van der Waals surface area contributed by atoms with Crippen LogP contribution in [-0.4, -0.2) is 34.7 Å². The minimum absolute atomic E-state index is 0.00275.